The first-order valence-electron chi connectivity index (χ1n) is 6.29. The van der Waals surface area contributed by atoms with E-state index in [1.165, 1.54) is 6.33 Å². The summed E-state index contributed by atoms with van der Waals surface area (Å²) in [6.45, 7) is 2.17. The van der Waals surface area contributed by atoms with Crippen molar-refractivity contribution in [2.75, 3.05) is 0 Å². The number of para-hydroxylation sites is 2. The van der Waals surface area contributed by atoms with E-state index in [-0.39, 0.29) is 11.9 Å². The molecule has 2 aromatic heterocycles. The van der Waals surface area contributed by atoms with Crippen LogP contribution in [0.2, 0.25) is 0 Å². The first kappa shape index (κ1) is 12.3. The van der Waals surface area contributed by atoms with Gasteiger partial charge in [0, 0.05) is 0 Å². The Labute approximate surface area is 115 Å². The van der Waals surface area contributed by atoms with Crippen molar-refractivity contribution in [1.82, 2.24) is 30.0 Å². The molecule has 1 aromatic carbocycles. The summed E-state index contributed by atoms with van der Waals surface area (Å²) in [6.07, 6.45) is 3.09. The van der Waals surface area contributed by atoms with Crippen LogP contribution >= 0.6 is 0 Å². The Balaban J connectivity index is 1.74. The summed E-state index contributed by atoms with van der Waals surface area (Å²) in [5, 5.41) is 9.25. The number of nitrogens with one attached hydrogen (secondary N) is 2. The molecule has 3 rings (SSSR count). The van der Waals surface area contributed by atoms with Gasteiger partial charge in [-0.25, -0.2) is 9.97 Å². The molecule has 1 amide bonds. The van der Waals surface area contributed by atoms with E-state index >= 15 is 0 Å². The number of imidazole rings is 1. The Bertz CT molecular complexity index is 717. The average Bonchev–Trinajstić information content (AvgIpc) is 3.13. The Hall–Kier alpha value is -2.70. The minimum atomic E-state index is -0.342. The number of amides is 1. The molecule has 1 unspecified atom stereocenters. The fourth-order valence-corrected chi connectivity index (χ4v) is 2.05. The van der Waals surface area contributed by atoms with Crippen molar-refractivity contribution in [1.29, 1.82) is 0 Å². The number of rotatable bonds is 4. The second-order valence-corrected chi connectivity index (χ2v) is 4.47. The molecule has 0 aliphatic heterocycles. The highest BCUT2D eigenvalue weighted by Gasteiger charge is 2.16. The van der Waals surface area contributed by atoms with Crippen LogP contribution in [0.4, 0.5) is 0 Å². The van der Waals surface area contributed by atoms with Crippen LogP contribution in [-0.4, -0.2) is 30.6 Å². The van der Waals surface area contributed by atoms with Crippen LogP contribution in [0.25, 0.3) is 11.0 Å². The second kappa shape index (κ2) is 5.12. The maximum absolute atomic E-state index is 12.2. The summed E-state index contributed by atoms with van der Waals surface area (Å²) in [5.41, 5.74) is 1.82. The third-order valence-electron chi connectivity index (χ3n) is 3.17. The van der Waals surface area contributed by atoms with E-state index in [4.69, 9.17) is 0 Å². The lowest BCUT2D eigenvalue weighted by Gasteiger charge is -2.13. The summed E-state index contributed by atoms with van der Waals surface area (Å²) in [5.74, 6) is 0.533. The lowest BCUT2D eigenvalue weighted by Crippen LogP contribution is -2.30. The zero-order valence-corrected chi connectivity index (χ0v) is 10.9. The Morgan fingerprint density at radius 3 is 3.05 bits per heavy atom. The first-order chi connectivity index (χ1) is 9.75. The molecule has 2 heterocycles. The summed E-state index contributed by atoms with van der Waals surface area (Å²) in [6, 6.07) is 7.38. The number of aromatic amines is 1. The molecular formula is C13H14N6O. The molecule has 0 radical (unpaired) electrons. The molecule has 3 aromatic rings. The average molecular weight is 270 g/mol. The minimum Gasteiger partial charge on any atom is -0.347 e. The van der Waals surface area contributed by atoms with Gasteiger partial charge < -0.3 is 9.88 Å². The van der Waals surface area contributed by atoms with Gasteiger partial charge in [0.15, 0.2) is 0 Å². The number of H-pyrrole nitrogens is 1. The van der Waals surface area contributed by atoms with Gasteiger partial charge in [0.1, 0.15) is 18.2 Å². The van der Waals surface area contributed by atoms with Gasteiger partial charge >= 0.3 is 0 Å². The van der Waals surface area contributed by atoms with E-state index in [0.29, 0.717) is 12.4 Å². The summed E-state index contributed by atoms with van der Waals surface area (Å²) >= 11 is 0. The fraction of sp³-hybridized carbons (Fsp3) is 0.231. The van der Waals surface area contributed by atoms with Crippen molar-refractivity contribution in [2.24, 2.45) is 0 Å². The SMILES string of the molecule is CC(C(=O)NCc1ncn[nH]1)n1cnc2ccccc21. The molecule has 102 valence electrons. The monoisotopic (exact) mass is 270 g/mol. The number of nitrogens with zero attached hydrogens (tertiary/aromatic N) is 4. The predicted octanol–water partition coefficient (Wildman–Crippen LogP) is 1.03. The Morgan fingerprint density at radius 1 is 1.40 bits per heavy atom. The lowest BCUT2D eigenvalue weighted by atomic mass is 10.2. The van der Waals surface area contributed by atoms with Gasteiger partial charge in [0.05, 0.1) is 23.9 Å². The molecule has 0 saturated carbocycles. The van der Waals surface area contributed by atoms with E-state index < -0.39 is 0 Å². The van der Waals surface area contributed by atoms with Crippen LogP contribution < -0.4 is 5.32 Å². The van der Waals surface area contributed by atoms with Gasteiger partial charge in [0.25, 0.3) is 0 Å². The molecule has 0 saturated heterocycles. The summed E-state index contributed by atoms with van der Waals surface area (Å²) in [4.78, 5) is 20.4. The first-order valence-corrected chi connectivity index (χ1v) is 6.29. The normalized spacial score (nSPS) is 12.4. The number of carbonyl (C=O) groups excluding carboxylic acids is 1. The Kier molecular flexibility index (Phi) is 3.16. The van der Waals surface area contributed by atoms with Gasteiger partial charge in [-0.15, -0.1) is 0 Å². The number of benzene rings is 1. The third-order valence-corrected chi connectivity index (χ3v) is 3.17. The van der Waals surface area contributed by atoms with Crippen LogP contribution in [0.3, 0.4) is 0 Å². The van der Waals surface area contributed by atoms with Crippen molar-refractivity contribution in [3.63, 3.8) is 0 Å². The number of hydrogen-bond acceptors (Lipinski definition) is 4. The van der Waals surface area contributed by atoms with Gasteiger partial charge in [0.2, 0.25) is 5.91 Å². The number of carbonyl (C=O) groups is 1. The van der Waals surface area contributed by atoms with Gasteiger partial charge in [-0.05, 0) is 19.1 Å². The van der Waals surface area contributed by atoms with Crippen molar-refractivity contribution >= 4 is 16.9 Å². The highest BCUT2D eigenvalue weighted by Crippen LogP contribution is 2.17. The molecule has 7 heteroatoms. The van der Waals surface area contributed by atoms with Crippen molar-refractivity contribution in [3.8, 4) is 0 Å². The van der Waals surface area contributed by atoms with Gasteiger partial charge in [-0.2, -0.15) is 5.10 Å². The molecule has 0 bridgehead atoms. The molecule has 1 atom stereocenters. The van der Waals surface area contributed by atoms with E-state index in [2.05, 4.69) is 25.5 Å². The lowest BCUT2D eigenvalue weighted by molar-refractivity contribution is -0.124. The quantitative estimate of drug-likeness (QED) is 0.741. The maximum Gasteiger partial charge on any atom is 0.243 e. The highest BCUT2D eigenvalue weighted by atomic mass is 16.2. The molecule has 7 nitrogen and oxygen atoms in total. The third kappa shape index (κ3) is 2.25. The van der Waals surface area contributed by atoms with Gasteiger partial charge in [-0.1, -0.05) is 12.1 Å². The van der Waals surface area contributed by atoms with Crippen molar-refractivity contribution < 1.29 is 4.79 Å². The van der Waals surface area contributed by atoms with Crippen LogP contribution in [-0.2, 0) is 11.3 Å². The number of hydrogen-bond donors (Lipinski definition) is 2. The van der Waals surface area contributed by atoms with Crippen LogP contribution in [0, 0.1) is 0 Å². The molecule has 20 heavy (non-hydrogen) atoms. The van der Waals surface area contributed by atoms with Crippen molar-refractivity contribution in [2.45, 2.75) is 19.5 Å². The van der Waals surface area contributed by atoms with Crippen LogP contribution in [0.5, 0.6) is 0 Å². The van der Waals surface area contributed by atoms with Crippen LogP contribution in [0.15, 0.2) is 36.9 Å². The smallest absolute Gasteiger partial charge is 0.243 e. The standard InChI is InChI=1S/C13H14N6O/c1-9(13(20)14-6-12-15-7-17-18-12)19-8-16-10-4-2-3-5-11(10)19/h2-5,7-9H,6H2,1H3,(H,14,20)(H,15,17,18). The van der Waals surface area contributed by atoms with E-state index in [9.17, 15) is 4.79 Å². The van der Waals surface area contributed by atoms with Gasteiger partial charge in [-0.3, -0.25) is 9.89 Å². The number of aromatic nitrogens is 5. The zero-order valence-electron chi connectivity index (χ0n) is 10.9. The van der Waals surface area contributed by atoms with Crippen LogP contribution in [0.1, 0.15) is 18.8 Å². The van der Waals surface area contributed by atoms with E-state index in [1.54, 1.807) is 6.33 Å². The molecule has 0 aliphatic carbocycles. The molecule has 0 fully saturated rings. The maximum atomic E-state index is 12.2. The molecular weight excluding hydrogens is 256 g/mol. The highest BCUT2D eigenvalue weighted by molar-refractivity contribution is 5.83. The second-order valence-electron chi connectivity index (χ2n) is 4.47. The zero-order chi connectivity index (χ0) is 13.9. The minimum absolute atomic E-state index is 0.0930. The molecule has 0 aliphatic rings. The van der Waals surface area contributed by atoms with E-state index in [0.717, 1.165) is 11.0 Å². The summed E-state index contributed by atoms with van der Waals surface area (Å²) in [7, 11) is 0. The topological polar surface area (TPSA) is 88.5 Å². The Morgan fingerprint density at radius 2 is 2.25 bits per heavy atom. The number of fused-ring (bicyclic) bond motifs is 1. The fourth-order valence-electron chi connectivity index (χ4n) is 2.05. The predicted molar refractivity (Wildman–Crippen MR) is 72.7 cm³/mol. The van der Waals surface area contributed by atoms with E-state index in [1.807, 2.05) is 35.8 Å². The van der Waals surface area contributed by atoms with Crippen molar-refractivity contribution in [3.05, 3.63) is 42.7 Å². The molecule has 2 N–H and O–H groups in total. The molecule has 0 spiro atoms. The largest absolute Gasteiger partial charge is 0.347 e. The summed E-state index contributed by atoms with van der Waals surface area (Å²) < 4.78 is 1.85.